The zero-order valence-electron chi connectivity index (χ0n) is 14.5. The van der Waals surface area contributed by atoms with Crippen LogP contribution < -0.4 is 16.2 Å². The van der Waals surface area contributed by atoms with Crippen molar-refractivity contribution in [1.82, 2.24) is 15.8 Å². The summed E-state index contributed by atoms with van der Waals surface area (Å²) in [5, 5.41) is 4.98. The third kappa shape index (κ3) is 5.09. The monoisotopic (exact) mass is 416 g/mol. The zero-order chi connectivity index (χ0) is 19.2. The van der Waals surface area contributed by atoms with Gasteiger partial charge in [-0.25, -0.2) is 0 Å². The van der Waals surface area contributed by atoms with Gasteiger partial charge in [-0.2, -0.15) is 0 Å². The molecule has 0 aliphatic carbocycles. The number of halogens is 1. The van der Waals surface area contributed by atoms with E-state index in [1.807, 2.05) is 49.4 Å². The van der Waals surface area contributed by atoms with Crippen molar-refractivity contribution in [1.29, 1.82) is 0 Å². The number of fused-ring (bicyclic) bond motifs is 1. The normalized spacial score (nSPS) is 10.4. The maximum Gasteiger partial charge on any atom is 0.248 e. The number of hydrazine groups is 1. The summed E-state index contributed by atoms with van der Waals surface area (Å²) in [4.78, 5) is 17.4. The van der Waals surface area contributed by atoms with Crippen molar-refractivity contribution >= 4 is 63.2 Å². The first-order valence-electron chi connectivity index (χ1n) is 8.12. The van der Waals surface area contributed by atoms with Crippen molar-refractivity contribution in [3.05, 3.63) is 65.3 Å². The van der Waals surface area contributed by atoms with Crippen LogP contribution in [-0.2, 0) is 4.79 Å². The van der Waals surface area contributed by atoms with E-state index in [1.54, 1.807) is 12.3 Å². The molecular weight excluding hydrogens is 400 g/mol. The van der Waals surface area contributed by atoms with Crippen LogP contribution in [0.1, 0.15) is 5.56 Å². The molecule has 2 aromatic carbocycles. The number of nitrogens with one attached hydrogen (secondary N) is 3. The highest BCUT2D eigenvalue weighted by atomic mass is 35.5. The van der Waals surface area contributed by atoms with Gasteiger partial charge >= 0.3 is 0 Å². The van der Waals surface area contributed by atoms with Gasteiger partial charge in [0.25, 0.3) is 0 Å². The average molecular weight is 417 g/mol. The molecule has 1 heterocycles. The number of carbonyl (C=O) groups excluding carboxylic acids is 1. The molecular formula is C19H17ClN4OS2. The minimum absolute atomic E-state index is 0.195. The first-order valence-corrected chi connectivity index (χ1v) is 9.89. The highest BCUT2D eigenvalue weighted by molar-refractivity contribution is 8.00. The molecule has 0 spiro atoms. The summed E-state index contributed by atoms with van der Waals surface area (Å²) in [6, 6.07) is 15.3. The number of anilines is 1. The van der Waals surface area contributed by atoms with Crippen LogP contribution >= 0.6 is 35.6 Å². The highest BCUT2D eigenvalue weighted by Crippen LogP contribution is 2.26. The predicted octanol–water partition coefficient (Wildman–Crippen LogP) is 4.31. The number of pyridine rings is 1. The summed E-state index contributed by atoms with van der Waals surface area (Å²) >= 11 is 12.7. The van der Waals surface area contributed by atoms with Gasteiger partial charge in [-0.05, 0) is 49.0 Å². The number of benzene rings is 2. The fourth-order valence-electron chi connectivity index (χ4n) is 2.40. The lowest BCUT2D eigenvalue weighted by molar-refractivity contribution is -0.119. The molecule has 0 aliphatic rings. The lowest BCUT2D eigenvalue weighted by atomic mass is 10.2. The largest absolute Gasteiger partial charge is 0.331 e. The Morgan fingerprint density at radius 1 is 1.15 bits per heavy atom. The maximum atomic E-state index is 12.1. The summed E-state index contributed by atoms with van der Waals surface area (Å²) in [5.41, 5.74) is 7.84. The molecule has 0 fully saturated rings. The number of hydrogen-bond donors (Lipinski definition) is 3. The fourth-order valence-corrected chi connectivity index (χ4v) is 3.57. The molecule has 0 atom stereocenters. The molecule has 27 heavy (non-hydrogen) atoms. The Balaban J connectivity index is 1.51. The van der Waals surface area contributed by atoms with Crippen LogP contribution in [0.5, 0.6) is 0 Å². The molecule has 0 radical (unpaired) electrons. The van der Waals surface area contributed by atoms with Gasteiger partial charge < -0.3 is 5.32 Å². The Morgan fingerprint density at radius 2 is 1.93 bits per heavy atom. The molecule has 3 rings (SSSR count). The topological polar surface area (TPSA) is 66.0 Å². The van der Waals surface area contributed by atoms with Gasteiger partial charge in [-0.3, -0.25) is 20.6 Å². The summed E-state index contributed by atoms with van der Waals surface area (Å²) in [5.74, 6) is 0.0431. The van der Waals surface area contributed by atoms with Crippen LogP contribution in [0.15, 0.2) is 59.6 Å². The van der Waals surface area contributed by atoms with Crippen LogP contribution in [0.3, 0.4) is 0 Å². The standard InChI is InChI=1S/C19H17ClN4OS2/c1-12-14(20)7-3-8-15(12)22-19(26)24-23-17(25)11-27-16-9-2-5-13-6-4-10-21-18(13)16/h2-10H,11H2,1H3,(H,23,25)(H2,22,24,26). The van der Waals surface area contributed by atoms with Crippen LogP contribution in [0.2, 0.25) is 5.02 Å². The third-order valence-electron chi connectivity index (χ3n) is 3.79. The van der Waals surface area contributed by atoms with E-state index in [1.165, 1.54) is 11.8 Å². The van der Waals surface area contributed by atoms with Gasteiger partial charge in [0, 0.05) is 27.2 Å². The Hall–Kier alpha value is -2.35. The molecule has 3 aromatic rings. The molecule has 0 saturated carbocycles. The molecule has 8 heteroatoms. The smallest absolute Gasteiger partial charge is 0.248 e. The highest BCUT2D eigenvalue weighted by Gasteiger charge is 2.08. The van der Waals surface area contributed by atoms with Gasteiger partial charge in [0.05, 0.1) is 11.3 Å². The Morgan fingerprint density at radius 3 is 2.78 bits per heavy atom. The molecule has 138 valence electrons. The van der Waals surface area contributed by atoms with Gasteiger partial charge in [-0.15, -0.1) is 11.8 Å². The number of thiocarbonyl (C=S) groups is 1. The van der Waals surface area contributed by atoms with Crippen molar-refractivity contribution in [2.75, 3.05) is 11.1 Å². The number of nitrogens with zero attached hydrogens (tertiary/aromatic N) is 1. The first-order chi connectivity index (χ1) is 13.0. The van der Waals surface area contributed by atoms with Gasteiger partial charge in [0.2, 0.25) is 5.91 Å². The molecule has 0 aliphatic heterocycles. The second kappa shape index (κ2) is 9.03. The molecule has 0 saturated heterocycles. The summed E-state index contributed by atoms with van der Waals surface area (Å²) in [7, 11) is 0. The van der Waals surface area contributed by atoms with E-state index in [0.29, 0.717) is 5.02 Å². The van der Waals surface area contributed by atoms with Crippen molar-refractivity contribution < 1.29 is 4.79 Å². The number of hydrogen-bond acceptors (Lipinski definition) is 4. The Labute approximate surface area is 171 Å². The van der Waals surface area contributed by atoms with Crippen molar-refractivity contribution in [3.8, 4) is 0 Å². The van der Waals surface area contributed by atoms with E-state index in [9.17, 15) is 4.79 Å². The first kappa shape index (κ1) is 19.4. The van der Waals surface area contributed by atoms with E-state index in [0.717, 1.165) is 27.0 Å². The van der Waals surface area contributed by atoms with E-state index in [-0.39, 0.29) is 16.8 Å². The lowest BCUT2D eigenvalue weighted by Gasteiger charge is -2.14. The SMILES string of the molecule is Cc1c(Cl)cccc1NC(=S)NNC(=O)CSc1cccc2cccnc12. The lowest BCUT2D eigenvalue weighted by Crippen LogP contribution is -2.44. The molecule has 0 bridgehead atoms. The van der Waals surface area contributed by atoms with E-state index in [2.05, 4.69) is 21.2 Å². The number of rotatable bonds is 4. The summed E-state index contributed by atoms with van der Waals surface area (Å²) in [6.07, 6.45) is 1.75. The minimum Gasteiger partial charge on any atom is -0.331 e. The molecule has 3 N–H and O–H groups in total. The Kier molecular flexibility index (Phi) is 6.49. The predicted molar refractivity (Wildman–Crippen MR) is 116 cm³/mol. The number of carbonyl (C=O) groups is 1. The molecule has 0 unspecified atom stereocenters. The number of para-hydroxylation sites is 1. The molecule has 5 nitrogen and oxygen atoms in total. The van der Waals surface area contributed by atoms with Crippen LogP contribution in [0.4, 0.5) is 5.69 Å². The second-order valence-corrected chi connectivity index (χ2v) is 7.49. The third-order valence-corrected chi connectivity index (χ3v) is 5.45. The summed E-state index contributed by atoms with van der Waals surface area (Å²) in [6.45, 7) is 1.89. The van der Waals surface area contributed by atoms with Crippen LogP contribution in [0, 0.1) is 6.92 Å². The van der Waals surface area contributed by atoms with E-state index in [4.69, 9.17) is 23.8 Å². The zero-order valence-corrected chi connectivity index (χ0v) is 16.8. The second-order valence-electron chi connectivity index (χ2n) is 5.66. The number of amides is 1. The molecule has 1 amide bonds. The number of aromatic nitrogens is 1. The van der Waals surface area contributed by atoms with E-state index >= 15 is 0 Å². The van der Waals surface area contributed by atoms with Crippen LogP contribution in [0.25, 0.3) is 10.9 Å². The fraction of sp³-hybridized carbons (Fsp3) is 0.105. The number of thioether (sulfide) groups is 1. The van der Waals surface area contributed by atoms with Gasteiger partial charge in [-0.1, -0.05) is 35.9 Å². The Bertz CT molecular complexity index is 991. The average Bonchev–Trinajstić information content (AvgIpc) is 2.68. The van der Waals surface area contributed by atoms with Gasteiger partial charge in [0.1, 0.15) is 0 Å². The minimum atomic E-state index is -0.195. The van der Waals surface area contributed by atoms with E-state index < -0.39 is 0 Å². The molecule has 1 aromatic heterocycles. The van der Waals surface area contributed by atoms with Gasteiger partial charge in [0.15, 0.2) is 5.11 Å². The van der Waals surface area contributed by atoms with Crippen molar-refractivity contribution in [2.24, 2.45) is 0 Å². The summed E-state index contributed by atoms with van der Waals surface area (Å²) < 4.78 is 0. The maximum absolute atomic E-state index is 12.1. The van der Waals surface area contributed by atoms with Crippen LogP contribution in [-0.4, -0.2) is 21.8 Å². The van der Waals surface area contributed by atoms with Crippen molar-refractivity contribution in [2.45, 2.75) is 11.8 Å². The quantitative estimate of drug-likeness (QED) is 0.334. The van der Waals surface area contributed by atoms with Crippen molar-refractivity contribution in [3.63, 3.8) is 0 Å².